The fourth-order valence-corrected chi connectivity index (χ4v) is 10.4. The second-order valence-electron chi connectivity index (χ2n) is 23.4. The molecule has 0 aromatic rings. The fourth-order valence-electron chi connectivity index (χ4n) is 10.4. The van der Waals surface area contributed by atoms with Gasteiger partial charge in [0.25, 0.3) is 0 Å². The smallest absolute Gasteiger partial charge is 0.306 e. The maximum absolute atomic E-state index is 12.9. The normalized spacial score (nSPS) is 12.2. The number of esters is 3. The second kappa shape index (κ2) is 66.1. The van der Waals surface area contributed by atoms with E-state index < -0.39 is 6.10 Å². The summed E-state index contributed by atoms with van der Waals surface area (Å²) in [4.78, 5) is 38.2. The Labute approximate surface area is 480 Å². The lowest BCUT2D eigenvalue weighted by Gasteiger charge is -2.18. The molecule has 1 atom stereocenters. The molecule has 0 fully saturated rings. The number of ether oxygens (including phenoxy) is 3. The van der Waals surface area contributed by atoms with Crippen LogP contribution < -0.4 is 0 Å². The predicted octanol–water partition coefficient (Wildman–Crippen LogP) is 23.6. The average Bonchev–Trinajstić information content (AvgIpc) is 3.43. The Morgan fingerprint density at radius 2 is 0.468 bits per heavy atom. The van der Waals surface area contributed by atoms with E-state index in [1.807, 2.05) is 0 Å². The predicted molar refractivity (Wildman–Crippen MR) is 335 cm³/mol. The molecule has 0 spiro atoms. The lowest BCUT2D eigenvalue weighted by molar-refractivity contribution is -0.167. The van der Waals surface area contributed by atoms with Crippen molar-refractivity contribution in [3.05, 3.63) is 36.5 Å². The van der Waals surface area contributed by atoms with E-state index in [9.17, 15) is 14.4 Å². The van der Waals surface area contributed by atoms with Crippen molar-refractivity contribution >= 4 is 17.9 Å². The fraction of sp³-hybridized carbons (Fsp3) is 0.873. The Kier molecular flexibility index (Phi) is 64.1. The van der Waals surface area contributed by atoms with Gasteiger partial charge in [0.15, 0.2) is 6.10 Å². The number of hydrogen-bond donors (Lipinski definition) is 0. The molecule has 0 radical (unpaired) electrons. The van der Waals surface area contributed by atoms with Gasteiger partial charge in [-0.3, -0.25) is 14.4 Å². The Morgan fingerprint density at radius 3 is 0.727 bits per heavy atom. The van der Waals surface area contributed by atoms with Crippen LogP contribution in [0, 0.1) is 0 Å². The van der Waals surface area contributed by atoms with Crippen LogP contribution in [-0.2, 0) is 28.6 Å². The minimum absolute atomic E-state index is 0.0673. The molecule has 0 rings (SSSR count). The first-order valence-electron chi connectivity index (χ1n) is 34.5. The van der Waals surface area contributed by atoms with Crippen molar-refractivity contribution in [1.82, 2.24) is 0 Å². The van der Waals surface area contributed by atoms with Gasteiger partial charge in [0, 0.05) is 19.3 Å². The number of unbranched alkanes of at least 4 members (excludes halogenated alkanes) is 47. The van der Waals surface area contributed by atoms with Crippen LogP contribution in [-0.4, -0.2) is 37.2 Å². The standard InChI is InChI=1S/C71H132O6/c1-4-7-10-13-16-19-21-23-25-27-29-30-31-32-33-34-35-36-37-38-39-40-42-43-45-47-49-52-55-58-61-64-70(73)76-67-68(66-75-69(72)63-60-57-54-51-18-15-12-9-6-3)77-71(74)65-62-59-56-53-50-48-46-44-41-28-26-24-22-20-17-14-11-8-5-2/h21,23-24,26-27,29,68H,4-20,22,25,28,30-67H2,1-3H3/b23-21-,26-24-,29-27-. The highest BCUT2D eigenvalue weighted by Gasteiger charge is 2.19. The summed E-state index contributed by atoms with van der Waals surface area (Å²) in [6.07, 6.45) is 81.9. The zero-order valence-electron chi connectivity index (χ0n) is 52.0. The number of carbonyl (C=O) groups is 3. The lowest BCUT2D eigenvalue weighted by atomic mass is 10.0. The van der Waals surface area contributed by atoms with Crippen molar-refractivity contribution in [2.75, 3.05) is 13.2 Å². The molecule has 6 heteroatoms. The van der Waals surface area contributed by atoms with Crippen LogP contribution in [0.4, 0.5) is 0 Å². The summed E-state index contributed by atoms with van der Waals surface area (Å²) >= 11 is 0. The van der Waals surface area contributed by atoms with Gasteiger partial charge >= 0.3 is 17.9 Å². The average molecular weight is 1080 g/mol. The SMILES string of the molecule is CCCCCCC/C=C\C/C=C\CCCCCCCCCCCCCCCCCCCCCC(=O)OCC(COC(=O)CCCCCCCCCCC)OC(=O)CCCCCCCCCCC/C=C\CCCCCCCC. The monoisotopic (exact) mass is 1080 g/mol. The molecule has 77 heavy (non-hydrogen) atoms. The molecule has 0 saturated heterocycles. The topological polar surface area (TPSA) is 78.9 Å². The van der Waals surface area contributed by atoms with Crippen molar-refractivity contribution in [1.29, 1.82) is 0 Å². The highest BCUT2D eigenvalue weighted by molar-refractivity contribution is 5.71. The minimum atomic E-state index is -0.769. The van der Waals surface area contributed by atoms with Gasteiger partial charge in [-0.1, -0.05) is 320 Å². The number of hydrogen-bond acceptors (Lipinski definition) is 6. The molecule has 0 bridgehead atoms. The highest BCUT2D eigenvalue weighted by Crippen LogP contribution is 2.18. The maximum Gasteiger partial charge on any atom is 0.306 e. The van der Waals surface area contributed by atoms with Crippen molar-refractivity contribution in [3.63, 3.8) is 0 Å². The van der Waals surface area contributed by atoms with Gasteiger partial charge in [0.2, 0.25) is 0 Å². The van der Waals surface area contributed by atoms with Gasteiger partial charge in [-0.05, 0) is 77.0 Å². The quantitative estimate of drug-likeness (QED) is 0.0261. The van der Waals surface area contributed by atoms with Gasteiger partial charge in [-0.15, -0.1) is 0 Å². The summed E-state index contributed by atoms with van der Waals surface area (Å²) in [5, 5.41) is 0. The third-order valence-electron chi connectivity index (χ3n) is 15.6. The van der Waals surface area contributed by atoms with Crippen LogP contribution >= 0.6 is 0 Å². The molecular weight excluding hydrogens is 949 g/mol. The molecule has 452 valence electrons. The summed E-state index contributed by atoms with van der Waals surface area (Å²) in [6.45, 7) is 6.67. The first-order chi connectivity index (χ1) is 38.0. The van der Waals surface area contributed by atoms with E-state index in [2.05, 4.69) is 57.2 Å². The Hall–Kier alpha value is -2.37. The van der Waals surface area contributed by atoms with Crippen molar-refractivity contribution in [3.8, 4) is 0 Å². The molecule has 0 aliphatic rings. The second-order valence-corrected chi connectivity index (χ2v) is 23.4. The van der Waals surface area contributed by atoms with E-state index >= 15 is 0 Å². The zero-order chi connectivity index (χ0) is 55.7. The van der Waals surface area contributed by atoms with Crippen LogP contribution in [0.2, 0.25) is 0 Å². The largest absolute Gasteiger partial charge is 0.462 e. The Morgan fingerprint density at radius 1 is 0.260 bits per heavy atom. The number of allylic oxidation sites excluding steroid dienone is 6. The van der Waals surface area contributed by atoms with Crippen LogP contribution in [0.5, 0.6) is 0 Å². The summed E-state index contributed by atoms with van der Waals surface area (Å²) < 4.78 is 16.9. The molecule has 0 aromatic carbocycles. The summed E-state index contributed by atoms with van der Waals surface area (Å²) in [7, 11) is 0. The molecule has 0 N–H and O–H groups in total. The zero-order valence-corrected chi connectivity index (χ0v) is 52.0. The van der Waals surface area contributed by atoms with Crippen LogP contribution in [0.1, 0.15) is 380 Å². The minimum Gasteiger partial charge on any atom is -0.462 e. The van der Waals surface area contributed by atoms with Crippen molar-refractivity contribution in [2.45, 2.75) is 386 Å². The molecule has 0 aliphatic heterocycles. The summed E-state index contributed by atoms with van der Waals surface area (Å²) in [6, 6.07) is 0. The summed E-state index contributed by atoms with van der Waals surface area (Å²) in [5.41, 5.74) is 0. The highest BCUT2D eigenvalue weighted by atomic mass is 16.6. The molecule has 0 aromatic heterocycles. The Bertz CT molecular complexity index is 1290. The molecule has 0 heterocycles. The van der Waals surface area contributed by atoms with Gasteiger partial charge in [-0.2, -0.15) is 0 Å². The molecule has 6 nitrogen and oxygen atoms in total. The van der Waals surface area contributed by atoms with Crippen molar-refractivity contribution < 1.29 is 28.6 Å². The van der Waals surface area contributed by atoms with E-state index in [1.165, 1.54) is 276 Å². The molecular formula is C71H132O6. The van der Waals surface area contributed by atoms with Crippen molar-refractivity contribution in [2.24, 2.45) is 0 Å². The van der Waals surface area contributed by atoms with Gasteiger partial charge < -0.3 is 14.2 Å². The molecule has 0 saturated carbocycles. The third-order valence-corrected chi connectivity index (χ3v) is 15.6. The number of rotatable bonds is 64. The molecule has 0 amide bonds. The van der Waals surface area contributed by atoms with Crippen LogP contribution in [0.25, 0.3) is 0 Å². The molecule has 1 unspecified atom stereocenters. The van der Waals surface area contributed by atoms with E-state index in [0.717, 1.165) is 64.2 Å². The van der Waals surface area contributed by atoms with Gasteiger partial charge in [0.1, 0.15) is 13.2 Å². The van der Waals surface area contributed by atoms with Gasteiger partial charge in [-0.25, -0.2) is 0 Å². The van der Waals surface area contributed by atoms with E-state index in [-0.39, 0.29) is 31.1 Å². The van der Waals surface area contributed by atoms with E-state index in [4.69, 9.17) is 14.2 Å². The maximum atomic E-state index is 12.9. The van der Waals surface area contributed by atoms with E-state index in [1.54, 1.807) is 0 Å². The Balaban J connectivity index is 4.06. The van der Waals surface area contributed by atoms with Crippen LogP contribution in [0.15, 0.2) is 36.5 Å². The third kappa shape index (κ3) is 64.3. The first kappa shape index (κ1) is 74.6. The first-order valence-corrected chi connectivity index (χ1v) is 34.5. The number of carbonyl (C=O) groups excluding carboxylic acids is 3. The van der Waals surface area contributed by atoms with E-state index in [0.29, 0.717) is 19.3 Å². The van der Waals surface area contributed by atoms with Gasteiger partial charge in [0.05, 0.1) is 0 Å². The van der Waals surface area contributed by atoms with Crippen LogP contribution in [0.3, 0.4) is 0 Å². The lowest BCUT2D eigenvalue weighted by Crippen LogP contribution is -2.30. The summed E-state index contributed by atoms with van der Waals surface area (Å²) in [5.74, 6) is -0.847. The molecule has 0 aliphatic carbocycles.